The first-order valence-electron chi connectivity index (χ1n) is 8.71. The molecular formula is C21H20N2O2. The fraction of sp³-hybridized carbons (Fsp3) is 0.238. The van der Waals surface area contributed by atoms with Crippen LogP contribution in [0, 0.1) is 0 Å². The third-order valence-corrected chi connectivity index (χ3v) is 4.85. The molecule has 4 heteroatoms. The number of rotatable bonds is 4. The van der Waals surface area contributed by atoms with Gasteiger partial charge >= 0.3 is 5.97 Å². The number of benzene rings is 1. The maximum absolute atomic E-state index is 11.4. The van der Waals surface area contributed by atoms with Crippen molar-refractivity contribution >= 4 is 22.9 Å². The lowest BCUT2D eigenvalue weighted by Crippen LogP contribution is -2.00. The van der Waals surface area contributed by atoms with Gasteiger partial charge in [-0.3, -0.25) is 4.98 Å². The molecule has 2 aromatic heterocycles. The molecule has 1 aromatic carbocycles. The summed E-state index contributed by atoms with van der Waals surface area (Å²) < 4.78 is 2.23. The summed E-state index contributed by atoms with van der Waals surface area (Å²) in [6.45, 7) is 2.91. The van der Waals surface area contributed by atoms with Crippen LogP contribution < -0.4 is 0 Å². The number of carboxylic acid groups (broad SMARTS) is 1. The van der Waals surface area contributed by atoms with Crippen molar-refractivity contribution < 1.29 is 9.90 Å². The smallest absolute Gasteiger partial charge is 0.335 e. The van der Waals surface area contributed by atoms with E-state index in [4.69, 9.17) is 0 Å². The Hall–Kier alpha value is -2.88. The molecule has 25 heavy (non-hydrogen) atoms. The molecule has 0 saturated carbocycles. The molecule has 126 valence electrons. The molecule has 1 N–H and O–H groups in total. The lowest BCUT2D eigenvalue weighted by atomic mass is 9.99. The number of aryl methyl sites for hydroxylation is 1. The van der Waals surface area contributed by atoms with E-state index in [1.54, 1.807) is 12.1 Å². The van der Waals surface area contributed by atoms with Gasteiger partial charge in [0.2, 0.25) is 0 Å². The topological polar surface area (TPSA) is 55.1 Å². The van der Waals surface area contributed by atoms with Gasteiger partial charge in [-0.25, -0.2) is 4.79 Å². The van der Waals surface area contributed by atoms with Crippen molar-refractivity contribution in [3.8, 4) is 11.3 Å². The molecule has 3 aromatic rings. The number of aromatic carboxylic acids is 1. The molecule has 0 unspecified atom stereocenters. The zero-order valence-corrected chi connectivity index (χ0v) is 14.2. The first-order valence-corrected chi connectivity index (χ1v) is 8.71. The van der Waals surface area contributed by atoms with Crippen LogP contribution in [-0.2, 0) is 13.0 Å². The Bertz CT molecular complexity index is 999. The third kappa shape index (κ3) is 2.54. The van der Waals surface area contributed by atoms with E-state index in [0.717, 1.165) is 48.0 Å². The minimum atomic E-state index is -0.890. The normalized spacial score (nSPS) is 12.7. The highest BCUT2D eigenvalue weighted by Gasteiger charge is 2.22. The first-order chi connectivity index (χ1) is 12.2. The number of fused-ring (bicyclic) bond motifs is 5. The van der Waals surface area contributed by atoms with Crippen LogP contribution in [-0.4, -0.2) is 20.6 Å². The Labute approximate surface area is 146 Å². The van der Waals surface area contributed by atoms with Crippen LogP contribution in [0.15, 0.2) is 42.6 Å². The van der Waals surface area contributed by atoms with E-state index < -0.39 is 5.97 Å². The standard InChI is InChI=1S/C21H20N2O2/c1-2-3-6-16-15-10-9-14(21(24)25)13-19(15)23-12-5-8-18-17(20(16)23)7-4-11-22-18/h4-5,7-11,13H,2-3,6,12H2,1H3,(H,24,25). The van der Waals surface area contributed by atoms with Gasteiger partial charge in [0.05, 0.1) is 17.0 Å². The number of aromatic nitrogens is 2. The highest BCUT2D eigenvalue weighted by Crippen LogP contribution is 2.38. The zero-order chi connectivity index (χ0) is 17.4. The fourth-order valence-electron chi connectivity index (χ4n) is 3.68. The summed E-state index contributed by atoms with van der Waals surface area (Å²) in [5.41, 5.74) is 5.89. The van der Waals surface area contributed by atoms with Crippen LogP contribution >= 0.6 is 0 Å². The van der Waals surface area contributed by atoms with E-state index in [1.165, 1.54) is 11.3 Å². The predicted molar refractivity (Wildman–Crippen MR) is 99.8 cm³/mol. The monoisotopic (exact) mass is 332 g/mol. The molecule has 0 atom stereocenters. The summed E-state index contributed by atoms with van der Waals surface area (Å²) in [5.74, 6) is -0.890. The molecule has 1 aliphatic rings. The zero-order valence-electron chi connectivity index (χ0n) is 14.2. The van der Waals surface area contributed by atoms with Crippen molar-refractivity contribution in [2.45, 2.75) is 32.7 Å². The fourth-order valence-corrected chi connectivity index (χ4v) is 3.68. The van der Waals surface area contributed by atoms with Crippen LogP contribution in [0.25, 0.3) is 28.2 Å². The first kappa shape index (κ1) is 15.6. The Morgan fingerprint density at radius 2 is 2.20 bits per heavy atom. The second-order valence-electron chi connectivity index (χ2n) is 6.42. The van der Waals surface area contributed by atoms with Gasteiger partial charge in [-0.05, 0) is 48.7 Å². The molecule has 0 amide bonds. The molecule has 0 fully saturated rings. The Morgan fingerprint density at radius 1 is 1.32 bits per heavy atom. The number of hydrogen-bond donors (Lipinski definition) is 1. The van der Waals surface area contributed by atoms with E-state index >= 15 is 0 Å². The number of carboxylic acids is 1. The second kappa shape index (κ2) is 6.20. The van der Waals surface area contributed by atoms with Crippen molar-refractivity contribution in [3.63, 3.8) is 0 Å². The molecule has 0 spiro atoms. The summed E-state index contributed by atoms with van der Waals surface area (Å²) in [7, 11) is 0. The average Bonchev–Trinajstić information content (AvgIpc) is 2.80. The van der Waals surface area contributed by atoms with Gasteiger partial charge in [0.1, 0.15) is 0 Å². The van der Waals surface area contributed by atoms with Crippen LogP contribution in [0.2, 0.25) is 0 Å². The van der Waals surface area contributed by atoms with Gasteiger partial charge in [0.15, 0.2) is 0 Å². The van der Waals surface area contributed by atoms with Crippen molar-refractivity contribution in [2.24, 2.45) is 0 Å². The molecule has 1 aliphatic heterocycles. The van der Waals surface area contributed by atoms with Crippen molar-refractivity contribution in [1.29, 1.82) is 0 Å². The highest BCUT2D eigenvalue weighted by atomic mass is 16.4. The quantitative estimate of drug-likeness (QED) is 0.748. The molecule has 0 radical (unpaired) electrons. The lowest BCUT2D eigenvalue weighted by Gasteiger charge is -2.10. The SMILES string of the molecule is CCCCc1c2n(c3cc(C(=O)O)ccc13)CC=Cc1ncccc1-2. The predicted octanol–water partition coefficient (Wildman–Crippen LogP) is 4.77. The van der Waals surface area contributed by atoms with E-state index in [-0.39, 0.29) is 0 Å². The maximum atomic E-state index is 11.4. The highest BCUT2D eigenvalue weighted by molar-refractivity contribution is 5.98. The molecule has 4 rings (SSSR count). The van der Waals surface area contributed by atoms with Crippen molar-refractivity contribution in [1.82, 2.24) is 9.55 Å². The van der Waals surface area contributed by atoms with Crippen LogP contribution in [0.1, 0.15) is 41.4 Å². The third-order valence-electron chi connectivity index (χ3n) is 4.85. The Kier molecular flexibility index (Phi) is 3.88. The number of unbranched alkanes of at least 4 members (excludes halogenated alkanes) is 1. The van der Waals surface area contributed by atoms with Crippen LogP contribution in [0.3, 0.4) is 0 Å². The minimum Gasteiger partial charge on any atom is -0.478 e. The van der Waals surface area contributed by atoms with E-state index in [9.17, 15) is 9.90 Å². The van der Waals surface area contributed by atoms with E-state index in [2.05, 4.69) is 34.7 Å². The number of pyridine rings is 1. The average molecular weight is 332 g/mol. The van der Waals surface area contributed by atoms with Gasteiger partial charge < -0.3 is 9.67 Å². The Balaban J connectivity index is 2.06. The molecule has 0 bridgehead atoms. The molecular weight excluding hydrogens is 312 g/mol. The Morgan fingerprint density at radius 3 is 3.00 bits per heavy atom. The van der Waals surface area contributed by atoms with Crippen LogP contribution in [0.5, 0.6) is 0 Å². The summed E-state index contributed by atoms with van der Waals surface area (Å²) in [6.07, 6.45) is 9.18. The number of allylic oxidation sites excluding steroid dienone is 1. The van der Waals surface area contributed by atoms with Gasteiger partial charge in [-0.1, -0.05) is 25.5 Å². The molecule has 3 heterocycles. The maximum Gasteiger partial charge on any atom is 0.335 e. The summed E-state index contributed by atoms with van der Waals surface area (Å²) in [4.78, 5) is 15.9. The van der Waals surface area contributed by atoms with Gasteiger partial charge in [-0.2, -0.15) is 0 Å². The van der Waals surface area contributed by atoms with Crippen molar-refractivity contribution in [3.05, 3.63) is 59.4 Å². The van der Waals surface area contributed by atoms with E-state index in [0.29, 0.717) is 5.56 Å². The largest absolute Gasteiger partial charge is 0.478 e. The number of nitrogens with zero attached hydrogens (tertiary/aromatic N) is 2. The molecule has 4 nitrogen and oxygen atoms in total. The second-order valence-corrected chi connectivity index (χ2v) is 6.42. The lowest BCUT2D eigenvalue weighted by molar-refractivity contribution is 0.0697. The van der Waals surface area contributed by atoms with Gasteiger partial charge in [0.25, 0.3) is 0 Å². The summed E-state index contributed by atoms with van der Waals surface area (Å²) in [5, 5.41) is 10.5. The van der Waals surface area contributed by atoms with Crippen molar-refractivity contribution in [2.75, 3.05) is 0 Å². The summed E-state index contributed by atoms with van der Waals surface area (Å²) >= 11 is 0. The number of carbonyl (C=O) groups is 1. The van der Waals surface area contributed by atoms with Gasteiger partial charge in [-0.15, -0.1) is 0 Å². The minimum absolute atomic E-state index is 0.328. The van der Waals surface area contributed by atoms with Gasteiger partial charge in [0, 0.05) is 29.2 Å². The van der Waals surface area contributed by atoms with Crippen LogP contribution in [0.4, 0.5) is 0 Å². The summed E-state index contributed by atoms with van der Waals surface area (Å²) in [6, 6.07) is 9.54. The number of hydrogen-bond acceptors (Lipinski definition) is 2. The molecule has 0 aliphatic carbocycles. The van der Waals surface area contributed by atoms with E-state index in [1.807, 2.05) is 18.3 Å². The molecule has 0 saturated heterocycles.